The summed E-state index contributed by atoms with van der Waals surface area (Å²) >= 11 is 0. The Hall–Kier alpha value is -3.99. The maximum absolute atomic E-state index is 13.5. The molecule has 11 nitrogen and oxygen atoms in total. The van der Waals surface area contributed by atoms with E-state index in [1.807, 2.05) is 72.9 Å². The molecule has 5 rings (SSSR count). The summed E-state index contributed by atoms with van der Waals surface area (Å²) in [6.07, 6.45) is 10.3. The maximum atomic E-state index is 13.5. The Morgan fingerprint density at radius 1 is 1.05 bits per heavy atom. The Balaban J connectivity index is 1.17. The summed E-state index contributed by atoms with van der Waals surface area (Å²) in [6, 6.07) is 8.23. The Bertz CT molecular complexity index is 1440. The van der Waals surface area contributed by atoms with Crippen LogP contribution in [0.2, 0.25) is 0 Å². The van der Waals surface area contributed by atoms with Gasteiger partial charge in [0.15, 0.2) is 5.65 Å². The molecule has 2 aliphatic rings. The van der Waals surface area contributed by atoms with Crippen LogP contribution in [0, 0.1) is 5.92 Å². The first kappa shape index (κ1) is 31.4. The van der Waals surface area contributed by atoms with Crippen molar-refractivity contribution in [3.8, 4) is 5.75 Å². The smallest absolute Gasteiger partial charge is 0.246 e. The second-order valence-corrected chi connectivity index (χ2v) is 12.0. The van der Waals surface area contributed by atoms with Gasteiger partial charge in [0.05, 0.1) is 24.7 Å². The van der Waals surface area contributed by atoms with Crippen LogP contribution in [0.15, 0.2) is 48.9 Å². The molecule has 3 heterocycles. The van der Waals surface area contributed by atoms with Gasteiger partial charge in [-0.25, -0.2) is 14.6 Å². The quantitative estimate of drug-likeness (QED) is 0.308. The fourth-order valence-electron chi connectivity index (χ4n) is 6.37. The second-order valence-electron chi connectivity index (χ2n) is 12.0. The molecule has 1 saturated carbocycles. The minimum absolute atomic E-state index is 0.0236. The lowest BCUT2D eigenvalue weighted by Gasteiger charge is -2.40. The number of carbonyl (C=O) groups is 2. The molecule has 236 valence electrons. The number of likely N-dealkylation sites (N-methyl/N-ethyl adjacent to an activating group) is 1. The van der Waals surface area contributed by atoms with Gasteiger partial charge in [0.25, 0.3) is 0 Å². The molecule has 44 heavy (non-hydrogen) atoms. The van der Waals surface area contributed by atoms with Crippen LogP contribution in [-0.4, -0.2) is 112 Å². The molecule has 2 aromatic heterocycles. The van der Waals surface area contributed by atoms with E-state index < -0.39 is 0 Å². The van der Waals surface area contributed by atoms with Gasteiger partial charge >= 0.3 is 0 Å². The summed E-state index contributed by atoms with van der Waals surface area (Å²) < 4.78 is 7.55. The summed E-state index contributed by atoms with van der Waals surface area (Å²) in [4.78, 5) is 43.9. The lowest BCUT2D eigenvalue weighted by atomic mass is 9.84. The number of rotatable bonds is 11. The van der Waals surface area contributed by atoms with Gasteiger partial charge in [0.2, 0.25) is 11.8 Å². The zero-order valence-electron chi connectivity index (χ0n) is 26.6. The summed E-state index contributed by atoms with van der Waals surface area (Å²) in [5, 5.41) is 5.55. The zero-order chi connectivity index (χ0) is 31.1. The Kier molecular flexibility index (Phi) is 10.5. The third-order valence-corrected chi connectivity index (χ3v) is 8.71. The molecule has 0 atom stereocenters. The summed E-state index contributed by atoms with van der Waals surface area (Å²) in [5.74, 6) is 2.05. The molecule has 1 aromatic carbocycles. The largest absolute Gasteiger partial charge is 0.494 e. The standard InChI is InChI=1S/C33H46N8O3/c1-5-8-30(42)40(20-15-37(3)4)27-13-11-26(12-14-27)33(43)39-18-16-38(17-19-39)31-29-22-36-41(32(29)35-24-34-31)23-25-9-7-10-28(21-25)44-6-2/h5,7-10,21-22,24,26-27H,6,11-20,23H2,1-4H3. The number of nitrogens with zero attached hydrogens (tertiary/aromatic N) is 8. The van der Waals surface area contributed by atoms with Crippen LogP contribution >= 0.6 is 0 Å². The minimum atomic E-state index is 0.0236. The molecule has 1 aliphatic heterocycles. The van der Waals surface area contributed by atoms with Crippen molar-refractivity contribution < 1.29 is 14.3 Å². The molecule has 2 fully saturated rings. The molecule has 11 heteroatoms. The number of aromatic nitrogens is 4. The van der Waals surface area contributed by atoms with Crippen LogP contribution in [0.3, 0.4) is 0 Å². The summed E-state index contributed by atoms with van der Waals surface area (Å²) in [6.45, 7) is 9.35. The number of hydrogen-bond donors (Lipinski definition) is 0. The SMILES string of the molecule is CC=CC(=O)N(CCN(C)C)C1CCC(C(=O)N2CCN(c3ncnc4c3cnn4Cc3cccc(OCC)c3)CC2)CC1. The number of hydrogen-bond acceptors (Lipinski definition) is 8. The summed E-state index contributed by atoms with van der Waals surface area (Å²) in [7, 11) is 4.05. The van der Waals surface area contributed by atoms with Crippen molar-refractivity contribution >= 4 is 28.7 Å². The number of anilines is 1. The maximum Gasteiger partial charge on any atom is 0.246 e. The predicted molar refractivity (Wildman–Crippen MR) is 172 cm³/mol. The Morgan fingerprint density at radius 2 is 1.82 bits per heavy atom. The highest BCUT2D eigenvalue weighted by Crippen LogP contribution is 2.31. The highest BCUT2D eigenvalue weighted by Gasteiger charge is 2.34. The van der Waals surface area contributed by atoms with Crippen molar-refractivity contribution in [2.45, 2.75) is 52.1 Å². The van der Waals surface area contributed by atoms with Gasteiger partial charge in [0.1, 0.15) is 17.9 Å². The molecule has 0 radical (unpaired) electrons. The van der Waals surface area contributed by atoms with Crippen LogP contribution in [0.5, 0.6) is 5.75 Å². The lowest BCUT2D eigenvalue weighted by Crippen LogP contribution is -2.52. The molecular formula is C33H46N8O3. The van der Waals surface area contributed by atoms with Gasteiger partial charge in [-0.2, -0.15) is 5.10 Å². The first-order valence-electron chi connectivity index (χ1n) is 15.9. The molecule has 2 amide bonds. The average Bonchev–Trinajstić information content (AvgIpc) is 3.44. The third-order valence-electron chi connectivity index (χ3n) is 8.71. The average molecular weight is 603 g/mol. The molecule has 0 spiro atoms. The van der Waals surface area contributed by atoms with Crippen molar-refractivity contribution in [1.82, 2.24) is 34.4 Å². The van der Waals surface area contributed by atoms with Gasteiger partial charge in [0, 0.05) is 51.2 Å². The Morgan fingerprint density at radius 3 is 2.52 bits per heavy atom. The van der Waals surface area contributed by atoms with Crippen molar-refractivity contribution in [3.05, 3.63) is 54.5 Å². The van der Waals surface area contributed by atoms with Crippen LogP contribution in [-0.2, 0) is 16.1 Å². The summed E-state index contributed by atoms with van der Waals surface area (Å²) in [5.41, 5.74) is 1.88. The van der Waals surface area contributed by atoms with Crippen molar-refractivity contribution in [1.29, 1.82) is 0 Å². The van der Waals surface area contributed by atoms with E-state index in [-0.39, 0.29) is 23.8 Å². The zero-order valence-corrected chi connectivity index (χ0v) is 26.6. The number of amides is 2. The van der Waals surface area contributed by atoms with Crippen LogP contribution < -0.4 is 9.64 Å². The molecule has 1 aliphatic carbocycles. The van der Waals surface area contributed by atoms with E-state index in [0.717, 1.165) is 60.4 Å². The Labute approximate surface area is 260 Å². The van der Waals surface area contributed by atoms with Gasteiger partial charge in [-0.15, -0.1) is 0 Å². The number of benzene rings is 1. The van der Waals surface area contributed by atoms with Crippen LogP contribution in [0.25, 0.3) is 11.0 Å². The van der Waals surface area contributed by atoms with Gasteiger partial charge in [-0.3, -0.25) is 9.59 Å². The molecular weight excluding hydrogens is 556 g/mol. The monoisotopic (exact) mass is 602 g/mol. The second kappa shape index (κ2) is 14.7. The van der Waals surface area contributed by atoms with E-state index >= 15 is 0 Å². The number of allylic oxidation sites excluding steroid dienone is 1. The highest BCUT2D eigenvalue weighted by atomic mass is 16.5. The fraction of sp³-hybridized carbons (Fsp3) is 0.545. The molecule has 0 bridgehead atoms. The normalized spacial score (nSPS) is 19.2. The first-order valence-corrected chi connectivity index (χ1v) is 15.9. The lowest BCUT2D eigenvalue weighted by molar-refractivity contribution is -0.137. The highest BCUT2D eigenvalue weighted by molar-refractivity contribution is 5.88. The van der Waals surface area contributed by atoms with E-state index in [2.05, 4.69) is 30.9 Å². The minimum Gasteiger partial charge on any atom is -0.494 e. The molecule has 3 aromatic rings. The van der Waals surface area contributed by atoms with Crippen molar-refractivity contribution in [3.63, 3.8) is 0 Å². The molecule has 1 saturated heterocycles. The topological polar surface area (TPSA) is 99.9 Å². The van der Waals surface area contributed by atoms with E-state index in [0.29, 0.717) is 45.9 Å². The molecule has 0 unspecified atom stereocenters. The number of piperazine rings is 1. The van der Waals surface area contributed by atoms with E-state index in [1.54, 1.807) is 12.4 Å². The van der Waals surface area contributed by atoms with Gasteiger partial charge in [-0.1, -0.05) is 18.2 Å². The molecule has 0 N–H and O–H groups in total. The number of fused-ring (bicyclic) bond motifs is 1. The fourth-order valence-corrected chi connectivity index (χ4v) is 6.37. The van der Waals surface area contributed by atoms with Gasteiger partial charge < -0.3 is 24.3 Å². The van der Waals surface area contributed by atoms with Crippen molar-refractivity contribution in [2.75, 3.05) is 64.9 Å². The van der Waals surface area contributed by atoms with E-state index in [1.165, 1.54) is 0 Å². The van der Waals surface area contributed by atoms with E-state index in [4.69, 9.17) is 4.74 Å². The van der Waals surface area contributed by atoms with Crippen LogP contribution in [0.4, 0.5) is 5.82 Å². The predicted octanol–water partition coefficient (Wildman–Crippen LogP) is 3.45. The van der Waals surface area contributed by atoms with E-state index in [9.17, 15) is 9.59 Å². The van der Waals surface area contributed by atoms with Crippen molar-refractivity contribution in [2.24, 2.45) is 5.92 Å². The van der Waals surface area contributed by atoms with Crippen LogP contribution in [0.1, 0.15) is 45.1 Å². The first-order chi connectivity index (χ1) is 21.4. The number of carbonyl (C=O) groups excluding carboxylic acids is 2. The number of ether oxygens (including phenoxy) is 1. The van der Waals surface area contributed by atoms with Gasteiger partial charge in [-0.05, 0) is 77.4 Å². The third kappa shape index (κ3) is 7.38.